The molecule has 0 aromatic heterocycles. The molecule has 0 atom stereocenters. The van der Waals surface area contributed by atoms with Gasteiger partial charge in [-0.25, -0.2) is 9.59 Å². The van der Waals surface area contributed by atoms with E-state index in [1.807, 2.05) is 30.3 Å². The quantitative estimate of drug-likeness (QED) is 0.363. The number of amides is 2. The molecule has 1 fully saturated rings. The van der Waals surface area contributed by atoms with Crippen molar-refractivity contribution in [1.29, 1.82) is 0 Å². The molecule has 1 heterocycles. The van der Waals surface area contributed by atoms with Gasteiger partial charge >= 0.3 is 11.9 Å². The maximum absolute atomic E-state index is 12.9. The molecule has 1 aliphatic heterocycles. The van der Waals surface area contributed by atoms with E-state index in [9.17, 15) is 24.3 Å². The van der Waals surface area contributed by atoms with E-state index in [4.69, 9.17) is 4.74 Å². The van der Waals surface area contributed by atoms with E-state index >= 15 is 0 Å². The van der Waals surface area contributed by atoms with Gasteiger partial charge in [0.2, 0.25) is 0 Å². The van der Waals surface area contributed by atoms with Gasteiger partial charge in [-0.15, -0.1) is 0 Å². The number of carbonyl (C=O) groups excluding carboxylic acids is 4. The van der Waals surface area contributed by atoms with Crippen molar-refractivity contribution in [3.05, 3.63) is 106 Å². The van der Waals surface area contributed by atoms with Crippen LogP contribution in [0.2, 0.25) is 0 Å². The van der Waals surface area contributed by atoms with Crippen LogP contribution in [0.15, 0.2) is 77.7 Å². The van der Waals surface area contributed by atoms with Crippen molar-refractivity contribution >= 4 is 40.9 Å². The number of rotatable bonds is 7. The number of aromatic hydroxyl groups is 1. The van der Waals surface area contributed by atoms with E-state index < -0.39 is 23.1 Å². The summed E-state index contributed by atoms with van der Waals surface area (Å²) in [5.74, 6) is -1.93. The summed E-state index contributed by atoms with van der Waals surface area (Å²) < 4.78 is 9.95. The Bertz CT molecular complexity index is 1350. The van der Waals surface area contributed by atoms with Crippen LogP contribution >= 0.6 is 11.8 Å². The van der Waals surface area contributed by atoms with Crippen LogP contribution in [0.1, 0.15) is 37.4 Å². The summed E-state index contributed by atoms with van der Waals surface area (Å²) in [5, 5.41) is 9.71. The lowest BCUT2D eigenvalue weighted by atomic mass is 10.1. The number of nitrogens with zero attached hydrogens (tertiary/aromatic N) is 1. The molecule has 8 nitrogen and oxygen atoms in total. The smallest absolute Gasteiger partial charge is 0.342 e. The van der Waals surface area contributed by atoms with Gasteiger partial charge in [-0.05, 0) is 58.8 Å². The number of thioether (sulfide) groups is 1. The lowest BCUT2D eigenvalue weighted by molar-refractivity contribution is -0.123. The SMILES string of the molecule is COC(=O)c1ccc(CN2C(=O)S/C(=C/c3ccc(O)c(C(=O)OCc4ccccc4)c3)C2=O)cc1. The molecule has 1 saturated heterocycles. The number of benzene rings is 3. The predicted molar refractivity (Wildman–Crippen MR) is 133 cm³/mol. The monoisotopic (exact) mass is 503 g/mol. The van der Waals surface area contributed by atoms with Gasteiger partial charge in [0.05, 0.1) is 24.1 Å². The lowest BCUT2D eigenvalue weighted by Gasteiger charge is -2.12. The Labute approximate surface area is 211 Å². The molecule has 1 aliphatic rings. The zero-order valence-corrected chi connectivity index (χ0v) is 20.0. The molecule has 182 valence electrons. The van der Waals surface area contributed by atoms with Crippen LogP contribution in [0.4, 0.5) is 4.79 Å². The van der Waals surface area contributed by atoms with Crippen LogP contribution in [0, 0.1) is 0 Å². The molecule has 3 aromatic rings. The summed E-state index contributed by atoms with van der Waals surface area (Å²) in [4.78, 5) is 50.8. The number of carbonyl (C=O) groups is 4. The van der Waals surface area contributed by atoms with E-state index in [-0.39, 0.29) is 29.4 Å². The molecule has 0 unspecified atom stereocenters. The van der Waals surface area contributed by atoms with E-state index in [1.54, 1.807) is 24.3 Å². The molecule has 36 heavy (non-hydrogen) atoms. The fraction of sp³-hybridized carbons (Fsp3) is 0.111. The van der Waals surface area contributed by atoms with Gasteiger partial charge in [-0.3, -0.25) is 14.5 Å². The number of hydrogen-bond donors (Lipinski definition) is 1. The second-order valence-electron chi connectivity index (χ2n) is 7.79. The second-order valence-corrected chi connectivity index (χ2v) is 8.79. The minimum atomic E-state index is -0.713. The van der Waals surface area contributed by atoms with Gasteiger partial charge in [0.15, 0.2) is 0 Å². The molecule has 1 N–H and O–H groups in total. The molecule has 4 rings (SSSR count). The van der Waals surface area contributed by atoms with E-state index in [0.29, 0.717) is 16.7 Å². The van der Waals surface area contributed by atoms with E-state index in [1.165, 1.54) is 31.4 Å². The van der Waals surface area contributed by atoms with Gasteiger partial charge in [-0.2, -0.15) is 0 Å². The predicted octanol–water partition coefficient (Wildman–Crippen LogP) is 4.77. The molecular weight excluding hydrogens is 482 g/mol. The first-order valence-electron chi connectivity index (χ1n) is 10.8. The fourth-order valence-electron chi connectivity index (χ4n) is 3.44. The first kappa shape index (κ1) is 24.7. The topological polar surface area (TPSA) is 110 Å². The van der Waals surface area contributed by atoms with Crippen molar-refractivity contribution in [2.45, 2.75) is 13.2 Å². The molecule has 0 bridgehead atoms. The number of imide groups is 1. The standard InChI is InChI=1S/C27H21NO7S/c1-34-25(31)20-10-7-17(8-11-20)15-28-24(30)23(36-27(28)33)14-19-9-12-22(29)21(13-19)26(32)35-16-18-5-3-2-4-6-18/h2-14,29H,15-16H2,1H3/b23-14+. The Balaban J connectivity index is 1.47. The second kappa shape index (κ2) is 10.9. The largest absolute Gasteiger partial charge is 0.507 e. The zero-order chi connectivity index (χ0) is 25.7. The summed E-state index contributed by atoms with van der Waals surface area (Å²) in [6.45, 7) is 0.0823. The molecular formula is C27H21NO7S. The van der Waals surface area contributed by atoms with Crippen molar-refractivity contribution < 1.29 is 33.8 Å². The maximum atomic E-state index is 12.9. The highest BCUT2D eigenvalue weighted by Crippen LogP contribution is 2.34. The van der Waals surface area contributed by atoms with Gasteiger partial charge < -0.3 is 14.6 Å². The molecule has 0 saturated carbocycles. The van der Waals surface area contributed by atoms with Crippen LogP contribution in [0.25, 0.3) is 6.08 Å². The minimum Gasteiger partial charge on any atom is -0.507 e. The van der Waals surface area contributed by atoms with E-state index in [0.717, 1.165) is 22.2 Å². The molecule has 2 amide bonds. The van der Waals surface area contributed by atoms with Crippen molar-refractivity contribution in [1.82, 2.24) is 4.90 Å². The number of phenols is 1. The number of methoxy groups -OCH3 is 1. The van der Waals surface area contributed by atoms with Crippen molar-refractivity contribution in [3.8, 4) is 5.75 Å². The summed E-state index contributed by atoms with van der Waals surface area (Å²) in [6.07, 6.45) is 1.48. The Morgan fingerprint density at radius 2 is 1.67 bits per heavy atom. The summed E-state index contributed by atoms with van der Waals surface area (Å²) in [6, 6.07) is 19.8. The third-order valence-electron chi connectivity index (χ3n) is 5.34. The van der Waals surface area contributed by atoms with Crippen LogP contribution in [0.3, 0.4) is 0 Å². The number of hydrogen-bond acceptors (Lipinski definition) is 8. The van der Waals surface area contributed by atoms with Gasteiger partial charge in [-0.1, -0.05) is 48.5 Å². The Kier molecular flexibility index (Phi) is 7.50. The Hall–Kier alpha value is -4.37. The maximum Gasteiger partial charge on any atom is 0.342 e. The highest BCUT2D eigenvalue weighted by molar-refractivity contribution is 8.18. The highest BCUT2D eigenvalue weighted by Gasteiger charge is 2.35. The van der Waals surface area contributed by atoms with E-state index in [2.05, 4.69) is 4.74 Å². The average Bonchev–Trinajstić information content (AvgIpc) is 3.16. The van der Waals surface area contributed by atoms with Gasteiger partial charge in [0, 0.05) is 0 Å². The highest BCUT2D eigenvalue weighted by atomic mass is 32.2. The van der Waals surface area contributed by atoms with Gasteiger partial charge in [0.1, 0.15) is 17.9 Å². The molecule has 9 heteroatoms. The first-order valence-corrected chi connectivity index (χ1v) is 11.6. The van der Waals surface area contributed by atoms with Crippen LogP contribution < -0.4 is 0 Å². The third-order valence-corrected chi connectivity index (χ3v) is 6.25. The summed E-state index contributed by atoms with van der Waals surface area (Å²) in [7, 11) is 1.29. The van der Waals surface area contributed by atoms with Crippen LogP contribution in [0.5, 0.6) is 5.75 Å². The van der Waals surface area contributed by atoms with Crippen LogP contribution in [-0.4, -0.2) is 40.2 Å². The fourth-order valence-corrected chi connectivity index (χ4v) is 4.28. The Morgan fingerprint density at radius 1 is 0.944 bits per heavy atom. The normalized spacial score (nSPS) is 14.2. The average molecular weight is 504 g/mol. The summed E-state index contributed by atoms with van der Waals surface area (Å²) in [5.41, 5.74) is 2.23. The summed E-state index contributed by atoms with van der Waals surface area (Å²) >= 11 is 0.779. The number of phenolic OH excluding ortho intramolecular Hbond substituents is 1. The molecule has 0 aliphatic carbocycles. The minimum absolute atomic E-state index is 0.0378. The Morgan fingerprint density at radius 3 is 2.36 bits per heavy atom. The zero-order valence-electron chi connectivity index (χ0n) is 19.2. The number of ether oxygens (including phenoxy) is 2. The first-order chi connectivity index (χ1) is 17.4. The lowest BCUT2D eigenvalue weighted by Crippen LogP contribution is -2.27. The molecule has 3 aromatic carbocycles. The molecule has 0 spiro atoms. The number of esters is 2. The third kappa shape index (κ3) is 5.64. The van der Waals surface area contributed by atoms with Crippen LogP contribution in [-0.2, 0) is 27.4 Å². The van der Waals surface area contributed by atoms with Crippen molar-refractivity contribution in [2.75, 3.05) is 7.11 Å². The van der Waals surface area contributed by atoms with Gasteiger partial charge in [0.25, 0.3) is 11.1 Å². The molecule has 0 radical (unpaired) electrons. The van der Waals surface area contributed by atoms with Crippen molar-refractivity contribution in [2.24, 2.45) is 0 Å². The van der Waals surface area contributed by atoms with Crippen molar-refractivity contribution in [3.63, 3.8) is 0 Å².